The number of Topliss-reactive ketones (excluding diaryl/α,β-unsaturated/α-hetero) is 1. The van der Waals surface area contributed by atoms with Crippen LogP contribution < -0.4 is 5.32 Å². The monoisotopic (exact) mass is 287 g/mol. The topological polar surface area (TPSA) is 46.2 Å². The van der Waals surface area contributed by atoms with Gasteiger partial charge in [-0.1, -0.05) is 13.8 Å². The van der Waals surface area contributed by atoms with Crippen LogP contribution in [0.5, 0.6) is 0 Å². The lowest BCUT2D eigenvalue weighted by atomic mass is 9.96. The maximum Gasteiger partial charge on any atom is 0.416 e. The lowest BCUT2D eigenvalue weighted by Crippen LogP contribution is -2.30. The average molecular weight is 287 g/mol. The lowest BCUT2D eigenvalue weighted by molar-refractivity contribution is -0.137. The molecule has 110 valence electrons. The molecule has 1 atom stereocenters. The van der Waals surface area contributed by atoms with E-state index in [4.69, 9.17) is 0 Å². The Labute approximate surface area is 115 Å². The standard InChI is InChI=1S/C14H16F3NO2/c1-8(2)12(19)9(3)13(20)18-11-6-4-10(5-7-11)14(15,16)17/h4-9H,1-3H3,(H,18,20). The number of nitrogens with one attached hydrogen (secondary N) is 1. The van der Waals surface area contributed by atoms with Crippen LogP contribution in [0.3, 0.4) is 0 Å². The zero-order chi connectivity index (χ0) is 15.5. The second kappa shape index (κ2) is 6.07. The maximum atomic E-state index is 12.4. The zero-order valence-electron chi connectivity index (χ0n) is 11.4. The first-order valence-corrected chi connectivity index (χ1v) is 6.14. The number of ketones is 1. The van der Waals surface area contributed by atoms with Crippen molar-refractivity contribution in [3.63, 3.8) is 0 Å². The number of carbonyl (C=O) groups excluding carboxylic acids is 2. The third kappa shape index (κ3) is 4.08. The predicted molar refractivity (Wildman–Crippen MR) is 69.1 cm³/mol. The predicted octanol–water partition coefficient (Wildman–Crippen LogP) is 3.51. The van der Waals surface area contributed by atoms with E-state index in [0.29, 0.717) is 0 Å². The number of benzene rings is 1. The van der Waals surface area contributed by atoms with Gasteiger partial charge in [0.1, 0.15) is 5.78 Å². The Balaban J connectivity index is 2.74. The number of hydrogen-bond acceptors (Lipinski definition) is 2. The quantitative estimate of drug-likeness (QED) is 0.861. The molecule has 0 aliphatic heterocycles. The maximum absolute atomic E-state index is 12.4. The minimum Gasteiger partial charge on any atom is -0.325 e. The van der Waals surface area contributed by atoms with Crippen LogP contribution >= 0.6 is 0 Å². The molecule has 1 aromatic carbocycles. The van der Waals surface area contributed by atoms with Crippen LogP contribution in [0.15, 0.2) is 24.3 Å². The van der Waals surface area contributed by atoms with E-state index in [-0.39, 0.29) is 17.4 Å². The lowest BCUT2D eigenvalue weighted by Gasteiger charge is -2.14. The summed E-state index contributed by atoms with van der Waals surface area (Å²) in [5, 5.41) is 2.43. The summed E-state index contributed by atoms with van der Waals surface area (Å²) in [4.78, 5) is 23.4. The molecular weight excluding hydrogens is 271 g/mol. The number of amides is 1. The Morgan fingerprint density at radius 2 is 1.55 bits per heavy atom. The number of alkyl halides is 3. The summed E-state index contributed by atoms with van der Waals surface area (Å²) in [6.45, 7) is 4.84. The van der Waals surface area contributed by atoms with Crippen molar-refractivity contribution >= 4 is 17.4 Å². The molecule has 0 heterocycles. The summed E-state index contributed by atoms with van der Waals surface area (Å²) < 4.78 is 37.1. The molecule has 0 spiro atoms. The molecule has 3 nitrogen and oxygen atoms in total. The van der Waals surface area contributed by atoms with Gasteiger partial charge in [0, 0.05) is 11.6 Å². The van der Waals surface area contributed by atoms with E-state index < -0.39 is 23.6 Å². The molecule has 1 unspecified atom stereocenters. The smallest absolute Gasteiger partial charge is 0.325 e. The average Bonchev–Trinajstić information content (AvgIpc) is 2.36. The minimum absolute atomic E-state index is 0.214. The molecule has 6 heteroatoms. The number of carbonyl (C=O) groups is 2. The molecule has 1 amide bonds. The van der Waals surface area contributed by atoms with Crippen molar-refractivity contribution in [1.29, 1.82) is 0 Å². The highest BCUT2D eigenvalue weighted by Crippen LogP contribution is 2.29. The molecule has 1 rings (SSSR count). The van der Waals surface area contributed by atoms with E-state index in [0.717, 1.165) is 24.3 Å². The fourth-order valence-corrected chi connectivity index (χ4v) is 1.62. The Hall–Kier alpha value is -1.85. The van der Waals surface area contributed by atoms with Crippen molar-refractivity contribution in [2.24, 2.45) is 11.8 Å². The summed E-state index contributed by atoms with van der Waals surface area (Å²) in [7, 11) is 0. The number of rotatable bonds is 4. The molecule has 1 N–H and O–H groups in total. The van der Waals surface area contributed by atoms with Crippen LogP contribution in [0.1, 0.15) is 26.3 Å². The highest BCUT2D eigenvalue weighted by atomic mass is 19.4. The van der Waals surface area contributed by atoms with Gasteiger partial charge in [-0.2, -0.15) is 13.2 Å². The van der Waals surface area contributed by atoms with Gasteiger partial charge in [-0.15, -0.1) is 0 Å². The number of hydrogen-bond donors (Lipinski definition) is 1. The molecule has 0 saturated heterocycles. The van der Waals surface area contributed by atoms with Crippen LogP contribution in [0.25, 0.3) is 0 Å². The highest BCUT2D eigenvalue weighted by molar-refractivity contribution is 6.07. The molecule has 0 bridgehead atoms. The van der Waals surface area contributed by atoms with Crippen molar-refractivity contribution in [3.05, 3.63) is 29.8 Å². The SMILES string of the molecule is CC(C)C(=O)C(C)C(=O)Nc1ccc(C(F)(F)F)cc1. The van der Waals surface area contributed by atoms with Crippen LogP contribution in [0, 0.1) is 11.8 Å². The molecular formula is C14H16F3NO2. The Morgan fingerprint density at radius 1 is 1.05 bits per heavy atom. The Kier molecular flexibility index (Phi) is 4.92. The third-order valence-corrected chi connectivity index (χ3v) is 2.87. The van der Waals surface area contributed by atoms with E-state index in [2.05, 4.69) is 5.32 Å². The largest absolute Gasteiger partial charge is 0.416 e. The summed E-state index contributed by atoms with van der Waals surface area (Å²) in [5.74, 6) is -1.85. The zero-order valence-corrected chi connectivity index (χ0v) is 11.4. The van der Waals surface area contributed by atoms with Crippen molar-refractivity contribution in [3.8, 4) is 0 Å². The minimum atomic E-state index is -4.41. The normalized spacial score (nSPS) is 13.2. The van der Waals surface area contributed by atoms with Gasteiger partial charge in [-0.3, -0.25) is 9.59 Å². The molecule has 0 fully saturated rings. The van der Waals surface area contributed by atoms with E-state index in [1.807, 2.05) is 0 Å². The van der Waals surface area contributed by atoms with Crippen molar-refractivity contribution in [1.82, 2.24) is 0 Å². The first-order valence-electron chi connectivity index (χ1n) is 6.14. The third-order valence-electron chi connectivity index (χ3n) is 2.87. The van der Waals surface area contributed by atoms with E-state index in [9.17, 15) is 22.8 Å². The molecule has 0 aliphatic carbocycles. The van der Waals surface area contributed by atoms with Crippen molar-refractivity contribution in [2.75, 3.05) is 5.32 Å². The van der Waals surface area contributed by atoms with Gasteiger partial charge in [0.2, 0.25) is 5.91 Å². The van der Waals surface area contributed by atoms with Gasteiger partial charge in [0.25, 0.3) is 0 Å². The Morgan fingerprint density at radius 3 is 1.95 bits per heavy atom. The second-order valence-electron chi connectivity index (χ2n) is 4.84. The van der Waals surface area contributed by atoms with Gasteiger partial charge < -0.3 is 5.32 Å². The number of halogens is 3. The van der Waals surface area contributed by atoms with Crippen molar-refractivity contribution < 1.29 is 22.8 Å². The number of anilines is 1. The summed E-state index contributed by atoms with van der Waals surface area (Å²) >= 11 is 0. The van der Waals surface area contributed by atoms with Crippen LogP contribution in [-0.4, -0.2) is 11.7 Å². The summed E-state index contributed by atoms with van der Waals surface area (Å²) in [6, 6.07) is 4.08. The molecule has 0 radical (unpaired) electrons. The molecule has 20 heavy (non-hydrogen) atoms. The highest BCUT2D eigenvalue weighted by Gasteiger charge is 2.30. The first kappa shape index (κ1) is 16.2. The fraction of sp³-hybridized carbons (Fsp3) is 0.429. The second-order valence-corrected chi connectivity index (χ2v) is 4.84. The van der Waals surface area contributed by atoms with Gasteiger partial charge >= 0.3 is 6.18 Å². The Bertz CT molecular complexity index is 492. The van der Waals surface area contributed by atoms with Gasteiger partial charge in [0.05, 0.1) is 11.5 Å². The van der Waals surface area contributed by atoms with Gasteiger partial charge in [0.15, 0.2) is 0 Å². The van der Waals surface area contributed by atoms with Crippen LogP contribution in [-0.2, 0) is 15.8 Å². The van der Waals surface area contributed by atoms with Crippen LogP contribution in [0.2, 0.25) is 0 Å². The molecule has 0 aliphatic rings. The van der Waals surface area contributed by atoms with Crippen molar-refractivity contribution in [2.45, 2.75) is 26.9 Å². The van der Waals surface area contributed by atoms with E-state index >= 15 is 0 Å². The fourth-order valence-electron chi connectivity index (χ4n) is 1.62. The van der Waals surface area contributed by atoms with E-state index in [1.54, 1.807) is 13.8 Å². The summed E-state index contributed by atoms with van der Waals surface area (Å²) in [5.41, 5.74) is -0.562. The summed E-state index contributed by atoms with van der Waals surface area (Å²) in [6.07, 6.45) is -4.41. The molecule has 1 aromatic rings. The first-order chi connectivity index (χ1) is 9.12. The molecule has 0 aromatic heterocycles. The molecule has 0 saturated carbocycles. The van der Waals surface area contributed by atoms with Gasteiger partial charge in [-0.05, 0) is 31.2 Å². The van der Waals surface area contributed by atoms with E-state index in [1.165, 1.54) is 6.92 Å². The van der Waals surface area contributed by atoms with Crippen LogP contribution in [0.4, 0.5) is 18.9 Å². The van der Waals surface area contributed by atoms with Gasteiger partial charge in [-0.25, -0.2) is 0 Å².